The molecule has 0 aliphatic heterocycles. The number of nitrogens with one attached hydrogen (secondary N) is 2. The first kappa shape index (κ1) is 15.9. The average Bonchev–Trinajstić information content (AvgIpc) is 3.09. The van der Waals surface area contributed by atoms with Crippen LogP contribution in [0.1, 0.15) is 58.8 Å². The van der Waals surface area contributed by atoms with Gasteiger partial charge >= 0.3 is 0 Å². The molecule has 18 heavy (non-hydrogen) atoms. The Balaban J connectivity index is 2.28. The standard InChI is InChI=1S/C13H28N2O2S/c1-3-5-7-13(6-4-2)15-18(16,17)11-10-14-12-8-9-12/h12-15H,3-11H2,1-2H3. The van der Waals surface area contributed by atoms with Gasteiger partial charge in [0.1, 0.15) is 0 Å². The fourth-order valence-corrected chi connectivity index (χ4v) is 3.31. The Labute approximate surface area is 112 Å². The summed E-state index contributed by atoms with van der Waals surface area (Å²) in [4.78, 5) is 0. The Morgan fingerprint density at radius 1 is 1.17 bits per heavy atom. The molecule has 1 aliphatic carbocycles. The van der Waals surface area contributed by atoms with Gasteiger partial charge < -0.3 is 5.32 Å². The van der Waals surface area contributed by atoms with Gasteiger partial charge in [0.05, 0.1) is 5.75 Å². The fraction of sp³-hybridized carbons (Fsp3) is 1.00. The van der Waals surface area contributed by atoms with Crippen LogP contribution < -0.4 is 10.0 Å². The summed E-state index contributed by atoms with van der Waals surface area (Å²) < 4.78 is 26.7. The lowest BCUT2D eigenvalue weighted by molar-refractivity contribution is 0.482. The Hall–Kier alpha value is -0.130. The van der Waals surface area contributed by atoms with Crippen LogP contribution in [0.2, 0.25) is 0 Å². The third-order valence-corrected chi connectivity index (χ3v) is 4.70. The zero-order chi connectivity index (χ0) is 13.4. The highest BCUT2D eigenvalue weighted by Crippen LogP contribution is 2.18. The van der Waals surface area contributed by atoms with Crippen LogP contribution in [0.5, 0.6) is 0 Å². The maximum absolute atomic E-state index is 11.9. The quantitative estimate of drug-likeness (QED) is 0.607. The highest BCUT2D eigenvalue weighted by molar-refractivity contribution is 7.89. The Kier molecular flexibility index (Phi) is 7.19. The lowest BCUT2D eigenvalue weighted by Gasteiger charge is -2.18. The molecule has 0 aromatic rings. The summed E-state index contributed by atoms with van der Waals surface area (Å²) >= 11 is 0. The molecule has 1 aliphatic rings. The SMILES string of the molecule is CCCCC(CCC)NS(=O)(=O)CCNC1CC1. The minimum absolute atomic E-state index is 0.126. The smallest absolute Gasteiger partial charge is 0.213 e. The number of sulfonamides is 1. The molecule has 0 saturated heterocycles. The van der Waals surface area contributed by atoms with Gasteiger partial charge in [-0.2, -0.15) is 0 Å². The van der Waals surface area contributed by atoms with Gasteiger partial charge in [-0.15, -0.1) is 0 Å². The molecule has 0 bridgehead atoms. The van der Waals surface area contributed by atoms with Crippen molar-refractivity contribution in [3.63, 3.8) is 0 Å². The molecule has 1 fully saturated rings. The summed E-state index contributed by atoms with van der Waals surface area (Å²) in [7, 11) is -3.11. The summed E-state index contributed by atoms with van der Waals surface area (Å²) in [6.07, 6.45) is 7.52. The van der Waals surface area contributed by atoms with Crippen molar-refractivity contribution in [2.24, 2.45) is 0 Å². The van der Waals surface area contributed by atoms with Crippen molar-refractivity contribution in [3.8, 4) is 0 Å². The van der Waals surface area contributed by atoms with Gasteiger partial charge in [-0.1, -0.05) is 33.1 Å². The van der Waals surface area contributed by atoms with Crippen molar-refractivity contribution in [1.29, 1.82) is 0 Å². The topological polar surface area (TPSA) is 58.2 Å². The van der Waals surface area contributed by atoms with E-state index in [0.717, 1.165) is 32.1 Å². The van der Waals surface area contributed by atoms with Crippen molar-refractivity contribution >= 4 is 10.0 Å². The minimum atomic E-state index is -3.11. The second-order valence-electron chi connectivity index (χ2n) is 5.29. The highest BCUT2D eigenvalue weighted by Gasteiger charge is 2.22. The van der Waals surface area contributed by atoms with E-state index in [1.165, 1.54) is 12.8 Å². The third-order valence-electron chi connectivity index (χ3n) is 3.27. The van der Waals surface area contributed by atoms with E-state index in [1.54, 1.807) is 0 Å². The van der Waals surface area contributed by atoms with Crippen molar-refractivity contribution in [2.45, 2.75) is 70.9 Å². The molecule has 4 nitrogen and oxygen atoms in total. The second-order valence-corrected chi connectivity index (χ2v) is 7.17. The first-order chi connectivity index (χ1) is 8.57. The van der Waals surface area contributed by atoms with Crippen molar-refractivity contribution in [3.05, 3.63) is 0 Å². The van der Waals surface area contributed by atoms with E-state index in [4.69, 9.17) is 0 Å². The molecular weight excluding hydrogens is 248 g/mol. The number of hydrogen-bond acceptors (Lipinski definition) is 3. The van der Waals surface area contributed by atoms with Crippen LogP contribution in [0.3, 0.4) is 0 Å². The summed E-state index contributed by atoms with van der Waals surface area (Å²) in [5, 5.41) is 3.24. The lowest BCUT2D eigenvalue weighted by atomic mass is 10.1. The van der Waals surface area contributed by atoms with Gasteiger partial charge in [-0.25, -0.2) is 13.1 Å². The molecule has 0 heterocycles. The van der Waals surface area contributed by atoms with Crippen LogP contribution in [-0.4, -0.2) is 32.8 Å². The van der Waals surface area contributed by atoms with E-state index in [1.807, 2.05) is 0 Å². The summed E-state index contributed by atoms with van der Waals surface area (Å²) in [6, 6.07) is 0.701. The molecule has 0 radical (unpaired) electrons. The van der Waals surface area contributed by atoms with Crippen molar-refractivity contribution < 1.29 is 8.42 Å². The first-order valence-corrected chi connectivity index (χ1v) is 8.96. The predicted molar refractivity (Wildman–Crippen MR) is 76.2 cm³/mol. The Morgan fingerprint density at radius 3 is 2.44 bits per heavy atom. The second kappa shape index (κ2) is 8.12. The molecular formula is C13H28N2O2S. The molecule has 1 atom stereocenters. The zero-order valence-corrected chi connectivity index (χ0v) is 12.6. The molecule has 0 amide bonds. The first-order valence-electron chi connectivity index (χ1n) is 7.30. The third kappa shape index (κ3) is 7.34. The monoisotopic (exact) mass is 276 g/mol. The minimum Gasteiger partial charge on any atom is -0.313 e. The van der Waals surface area contributed by atoms with Crippen LogP contribution in [-0.2, 0) is 10.0 Å². The van der Waals surface area contributed by atoms with E-state index in [9.17, 15) is 8.42 Å². The molecule has 1 saturated carbocycles. The average molecular weight is 276 g/mol. The maximum atomic E-state index is 11.9. The fourth-order valence-electron chi connectivity index (χ4n) is 2.06. The summed E-state index contributed by atoms with van der Waals surface area (Å²) in [5.74, 6) is 0.204. The van der Waals surface area contributed by atoms with Crippen molar-refractivity contribution in [2.75, 3.05) is 12.3 Å². The highest BCUT2D eigenvalue weighted by atomic mass is 32.2. The van der Waals surface area contributed by atoms with Gasteiger partial charge in [0.15, 0.2) is 0 Å². The number of rotatable bonds is 11. The Bertz CT molecular complexity index is 313. The van der Waals surface area contributed by atoms with Gasteiger partial charge in [0.2, 0.25) is 10.0 Å². The van der Waals surface area contributed by atoms with Gasteiger partial charge in [-0.05, 0) is 25.7 Å². The van der Waals surface area contributed by atoms with E-state index in [0.29, 0.717) is 12.6 Å². The molecule has 0 spiro atoms. The predicted octanol–water partition coefficient (Wildman–Crippen LogP) is 2.02. The van der Waals surface area contributed by atoms with Gasteiger partial charge in [0, 0.05) is 18.6 Å². The van der Waals surface area contributed by atoms with E-state index in [-0.39, 0.29) is 11.8 Å². The Morgan fingerprint density at radius 2 is 1.89 bits per heavy atom. The van der Waals surface area contributed by atoms with Crippen LogP contribution in [0.25, 0.3) is 0 Å². The summed E-state index contributed by atoms with van der Waals surface area (Å²) in [5.41, 5.74) is 0. The summed E-state index contributed by atoms with van der Waals surface area (Å²) in [6.45, 7) is 4.81. The molecule has 2 N–H and O–H groups in total. The van der Waals surface area contributed by atoms with E-state index < -0.39 is 10.0 Å². The van der Waals surface area contributed by atoms with E-state index >= 15 is 0 Å². The normalized spacial score (nSPS) is 17.9. The number of unbranched alkanes of at least 4 members (excludes halogenated alkanes) is 1. The van der Waals surface area contributed by atoms with Crippen molar-refractivity contribution in [1.82, 2.24) is 10.0 Å². The molecule has 5 heteroatoms. The van der Waals surface area contributed by atoms with E-state index in [2.05, 4.69) is 23.9 Å². The van der Waals surface area contributed by atoms with Crippen LogP contribution in [0.4, 0.5) is 0 Å². The largest absolute Gasteiger partial charge is 0.313 e. The van der Waals surface area contributed by atoms with Crippen LogP contribution in [0.15, 0.2) is 0 Å². The lowest BCUT2D eigenvalue weighted by Crippen LogP contribution is -2.39. The molecule has 0 aromatic heterocycles. The zero-order valence-electron chi connectivity index (χ0n) is 11.7. The molecule has 108 valence electrons. The van der Waals surface area contributed by atoms with Gasteiger partial charge in [0.25, 0.3) is 0 Å². The van der Waals surface area contributed by atoms with Crippen LogP contribution >= 0.6 is 0 Å². The molecule has 1 rings (SSSR count). The molecule has 1 unspecified atom stereocenters. The number of hydrogen-bond donors (Lipinski definition) is 2. The molecule has 0 aromatic carbocycles. The van der Waals surface area contributed by atoms with Crippen LogP contribution in [0, 0.1) is 0 Å². The maximum Gasteiger partial charge on any atom is 0.213 e. The van der Waals surface area contributed by atoms with Gasteiger partial charge in [-0.3, -0.25) is 0 Å².